The Bertz CT molecular complexity index is 736. The van der Waals surface area contributed by atoms with Gasteiger partial charge in [-0.3, -0.25) is 14.8 Å². The number of amides is 1. The highest BCUT2D eigenvalue weighted by Gasteiger charge is 2.55. The lowest BCUT2D eigenvalue weighted by molar-refractivity contribution is -0.0881. The van der Waals surface area contributed by atoms with Gasteiger partial charge in [0.25, 0.3) is 0 Å². The van der Waals surface area contributed by atoms with E-state index in [1.807, 2.05) is 6.07 Å². The number of fused-ring (bicyclic) bond motifs is 2. The standard InChI is InChI=1S/C16H17N3O3S/c20-15-19(12-5-13(21-7-12)14-6-17-10-23-14)9-16(22-15)8-18-3-1-11(16)2-4-18/h5-7,10-11H,1-4,8-9H2/t16-/m1/s1. The molecule has 1 amide bonds. The normalized spacial score (nSPS) is 32.7. The largest absolute Gasteiger partial charge is 0.461 e. The number of rotatable bonds is 2. The van der Waals surface area contributed by atoms with Crippen molar-refractivity contribution in [1.82, 2.24) is 9.88 Å². The predicted molar refractivity (Wildman–Crippen MR) is 85.5 cm³/mol. The summed E-state index contributed by atoms with van der Waals surface area (Å²) in [5.41, 5.74) is 2.20. The molecule has 6 heterocycles. The van der Waals surface area contributed by atoms with Crippen molar-refractivity contribution in [1.29, 1.82) is 0 Å². The highest BCUT2D eigenvalue weighted by atomic mass is 32.1. The van der Waals surface area contributed by atoms with E-state index in [4.69, 9.17) is 9.15 Å². The molecule has 4 fully saturated rings. The molecule has 0 N–H and O–H groups in total. The van der Waals surface area contributed by atoms with Gasteiger partial charge in [0.1, 0.15) is 17.6 Å². The summed E-state index contributed by atoms with van der Waals surface area (Å²) < 4.78 is 11.5. The summed E-state index contributed by atoms with van der Waals surface area (Å²) in [6, 6.07) is 1.90. The number of carbonyl (C=O) groups is 1. The number of aromatic nitrogens is 1. The third-order valence-electron chi connectivity index (χ3n) is 5.33. The predicted octanol–water partition coefficient (Wildman–Crippen LogP) is 2.82. The van der Waals surface area contributed by atoms with Crippen molar-refractivity contribution in [3.8, 4) is 10.6 Å². The molecule has 7 heteroatoms. The lowest BCUT2D eigenvalue weighted by Gasteiger charge is -2.49. The number of piperidine rings is 3. The number of furan rings is 1. The van der Waals surface area contributed by atoms with Crippen molar-refractivity contribution < 1.29 is 13.9 Å². The number of nitrogens with zero attached hydrogens (tertiary/aromatic N) is 3. The Hall–Kier alpha value is -1.86. The smallest absolute Gasteiger partial charge is 0.415 e. The molecule has 4 aliphatic heterocycles. The van der Waals surface area contributed by atoms with Gasteiger partial charge in [0.2, 0.25) is 0 Å². The zero-order valence-electron chi connectivity index (χ0n) is 12.6. The number of thiazole rings is 1. The molecule has 4 aliphatic rings. The van der Waals surface area contributed by atoms with Crippen molar-refractivity contribution >= 4 is 23.1 Å². The summed E-state index contributed by atoms with van der Waals surface area (Å²) in [5.74, 6) is 1.22. The van der Waals surface area contributed by atoms with Crippen LogP contribution in [0.1, 0.15) is 12.8 Å². The van der Waals surface area contributed by atoms with Gasteiger partial charge in [-0.05, 0) is 25.9 Å². The van der Waals surface area contributed by atoms with Crippen LogP contribution in [-0.2, 0) is 4.74 Å². The van der Waals surface area contributed by atoms with Crippen LogP contribution in [0.25, 0.3) is 10.6 Å². The first-order valence-corrected chi connectivity index (χ1v) is 8.82. The lowest BCUT2D eigenvalue weighted by atomic mass is 9.75. The van der Waals surface area contributed by atoms with Gasteiger partial charge in [-0.25, -0.2) is 4.79 Å². The van der Waals surface area contributed by atoms with Crippen LogP contribution < -0.4 is 4.90 Å². The fourth-order valence-electron chi connectivity index (χ4n) is 4.14. The van der Waals surface area contributed by atoms with Crippen LogP contribution in [0.2, 0.25) is 0 Å². The van der Waals surface area contributed by atoms with Crippen molar-refractivity contribution in [2.75, 3.05) is 31.1 Å². The summed E-state index contributed by atoms with van der Waals surface area (Å²) in [7, 11) is 0. The Morgan fingerprint density at radius 3 is 2.87 bits per heavy atom. The van der Waals surface area contributed by atoms with E-state index in [-0.39, 0.29) is 11.7 Å². The molecule has 0 aromatic carbocycles. The van der Waals surface area contributed by atoms with Gasteiger partial charge in [0.05, 0.1) is 22.6 Å². The average molecular weight is 331 g/mol. The summed E-state index contributed by atoms with van der Waals surface area (Å²) in [4.78, 5) is 21.6. The van der Waals surface area contributed by atoms with Crippen LogP contribution in [0.15, 0.2) is 28.5 Å². The third-order valence-corrected chi connectivity index (χ3v) is 6.12. The number of ether oxygens (including phenoxy) is 1. The fourth-order valence-corrected chi connectivity index (χ4v) is 4.72. The van der Waals surface area contributed by atoms with Gasteiger partial charge in [-0.1, -0.05) is 0 Å². The molecule has 1 spiro atoms. The minimum Gasteiger partial charge on any atom is -0.461 e. The van der Waals surface area contributed by atoms with E-state index in [2.05, 4.69) is 9.88 Å². The molecule has 0 saturated carbocycles. The zero-order chi connectivity index (χ0) is 15.4. The highest BCUT2D eigenvalue weighted by Crippen LogP contribution is 2.43. The molecular weight excluding hydrogens is 314 g/mol. The fraction of sp³-hybridized carbons (Fsp3) is 0.500. The summed E-state index contributed by atoms with van der Waals surface area (Å²) in [5, 5.41) is 0. The van der Waals surface area contributed by atoms with E-state index in [1.165, 1.54) is 11.3 Å². The molecule has 0 unspecified atom stereocenters. The first kappa shape index (κ1) is 13.6. The first-order valence-electron chi connectivity index (χ1n) is 7.94. The molecular formula is C16H17N3O3S. The summed E-state index contributed by atoms with van der Waals surface area (Å²) in [6.45, 7) is 3.74. The lowest BCUT2D eigenvalue weighted by Crippen LogP contribution is -2.61. The molecule has 2 bridgehead atoms. The van der Waals surface area contributed by atoms with Gasteiger partial charge < -0.3 is 9.15 Å². The Balaban J connectivity index is 1.43. The molecule has 0 aliphatic carbocycles. The van der Waals surface area contributed by atoms with Crippen LogP contribution >= 0.6 is 11.3 Å². The number of hydrogen-bond acceptors (Lipinski definition) is 6. The molecule has 2 aromatic heterocycles. The zero-order valence-corrected chi connectivity index (χ0v) is 13.4. The van der Waals surface area contributed by atoms with E-state index in [0.29, 0.717) is 12.5 Å². The maximum Gasteiger partial charge on any atom is 0.415 e. The molecule has 1 atom stereocenters. The minimum absolute atomic E-state index is 0.254. The van der Waals surface area contributed by atoms with E-state index in [0.717, 1.165) is 48.8 Å². The van der Waals surface area contributed by atoms with Crippen molar-refractivity contribution in [2.45, 2.75) is 18.4 Å². The SMILES string of the molecule is O=C1O[C@]2(CN3CCC2CC3)CN1c1coc(-c2cncs2)c1. The van der Waals surface area contributed by atoms with Gasteiger partial charge in [-0.15, -0.1) is 11.3 Å². The van der Waals surface area contributed by atoms with E-state index >= 15 is 0 Å². The van der Waals surface area contributed by atoms with Gasteiger partial charge >= 0.3 is 6.09 Å². The van der Waals surface area contributed by atoms with E-state index < -0.39 is 0 Å². The second-order valence-electron chi connectivity index (χ2n) is 6.60. The molecule has 2 aromatic rings. The Morgan fingerprint density at radius 2 is 2.17 bits per heavy atom. The molecule has 23 heavy (non-hydrogen) atoms. The highest BCUT2D eigenvalue weighted by molar-refractivity contribution is 7.13. The second kappa shape index (κ2) is 4.82. The van der Waals surface area contributed by atoms with Gasteiger partial charge in [0.15, 0.2) is 0 Å². The first-order chi connectivity index (χ1) is 11.2. The Morgan fingerprint density at radius 1 is 1.30 bits per heavy atom. The van der Waals surface area contributed by atoms with Crippen LogP contribution in [0.5, 0.6) is 0 Å². The molecule has 120 valence electrons. The molecule has 4 saturated heterocycles. The topological polar surface area (TPSA) is 58.8 Å². The molecule has 0 radical (unpaired) electrons. The maximum atomic E-state index is 12.5. The third kappa shape index (κ3) is 2.03. The van der Waals surface area contributed by atoms with Crippen LogP contribution in [-0.4, -0.2) is 47.8 Å². The van der Waals surface area contributed by atoms with E-state index in [1.54, 1.807) is 22.9 Å². The van der Waals surface area contributed by atoms with Gasteiger partial charge in [-0.2, -0.15) is 0 Å². The number of hydrogen-bond donors (Lipinski definition) is 0. The number of carbonyl (C=O) groups excluding carboxylic acids is 1. The monoisotopic (exact) mass is 331 g/mol. The average Bonchev–Trinajstić information content (AvgIpc) is 3.28. The van der Waals surface area contributed by atoms with Crippen LogP contribution in [0, 0.1) is 5.92 Å². The van der Waals surface area contributed by atoms with Crippen molar-refractivity contribution in [3.63, 3.8) is 0 Å². The Labute approximate surface area is 137 Å². The Kier molecular flexibility index (Phi) is 2.84. The van der Waals surface area contributed by atoms with E-state index in [9.17, 15) is 4.79 Å². The van der Waals surface area contributed by atoms with Crippen molar-refractivity contribution in [2.24, 2.45) is 5.92 Å². The summed E-state index contributed by atoms with van der Waals surface area (Å²) in [6.07, 6.45) is 5.40. The number of anilines is 1. The summed E-state index contributed by atoms with van der Waals surface area (Å²) >= 11 is 1.52. The van der Waals surface area contributed by atoms with Gasteiger partial charge in [0, 0.05) is 24.7 Å². The molecule has 6 nitrogen and oxygen atoms in total. The minimum atomic E-state index is -0.338. The van der Waals surface area contributed by atoms with Crippen molar-refractivity contribution in [3.05, 3.63) is 24.0 Å². The maximum absolute atomic E-state index is 12.5. The second-order valence-corrected chi connectivity index (χ2v) is 7.49. The van der Waals surface area contributed by atoms with Crippen LogP contribution in [0.3, 0.4) is 0 Å². The van der Waals surface area contributed by atoms with Crippen LogP contribution in [0.4, 0.5) is 10.5 Å². The molecule has 6 rings (SSSR count). The quantitative estimate of drug-likeness (QED) is 0.847.